The molecule has 1 heterocycles. The van der Waals surface area contributed by atoms with Crippen LogP contribution in [0.15, 0.2) is 24.3 Å². The standard InChI is InChI=1S/C11H9F3N4O2/c12-11(13,14)10-16-7-4-2-1-3-6(7)9(17-10)20-5-8(19)18-15/h1-4H,5,15H2,(H,18,19). The number of amides is 1. The highest BCUT2D eigenvalue weighted by atomic mass is 19.4. The Balaban J connectivity index is 2.47. The fourth-order valence-corrected chi connectivity index (χ4v) is 1.46. The fourth-order valence-electron chi connectivity index (χ4n) is 1.46. The number of nitrogens with zero attached hydrogens (tertiary/aromatic N) is 2. The Kier molecular flexibility index (Phi) is 3.70. The number of ether oxygens (including phenoxy) is 1. The lowest BCUT2D eigenvalue weighted by Gasteiger charge is -2.11. The summed E-state index contributed by atoms with van der Waals surface area (Å²) in [6, 6.07) is 6.01. The number of halogens is 3. The minimum atomic E-state index is -4.71. The summed E-state index contributed by atoms with van der Waals surface area (Å²) >= 11 is 0. The Morgan fingerprint density at radius 3 is 2.65 bits per heavy atom. The number of carbonyl (C=O) groups is 1. The summed E-state index contributed by atoms with van der Waals surface area (Å²) < 4.78 is 43.0. The van der Waals surface area contributed by atoms with E-state index in [9.17, 15) is 18.0 Å². The lowest BCUT2D eigenvalue weighted by molar-refractivity contribution is -0.145. The maximum Gasteiger partial charge on any atom is 0.451 e. The number of nitrogens with two attached hydrogens (primary N) is 1. The Morgan fingerprint density at radius 1 is 1.30 bits per heavy atom. The predicted octanol–water partition coefficient (Wildman–Crippen LogP) is 1.02. The Labute approximate surface area is 110 Å². The van der Waals surface area contributed by atoms with E-state index in [0.717, 1.165) is 0 Å². The van der Waals surface area contributed by atoms with E-state index in [2.05, 4.69) is 9.97 Å². The molecule has 0 unspecified atom stereocenters. The van der Waals surface area contributed by atoms with Gasteiger partial charge in [-0.05, 0) is 12.1 Å². The van der Waals surface area contributed by atoms with Crippen molar-refractivity contribution >= 4 is 16.8 Å². The van der Waals surface area contributed by atoms with Gasteiger partial charge < -0.3 is 4.74 Å². The molecule has 1 aromatic heterocycles. The second-order valence-electron chi connectivity index (χ2n) is 3.72. The number of hydrazine groups is 1. The second-order valence-corrected chi connectivity index (χ2v) is 3.72. The van der Waals surface area contributed by atoms with E-state index in [1.165, 1.54) is 18.2 Å². The molecule has 1 amide bonds. The summed E-state index contributed by atoms with van der Waals surface area (Å²) in [6.07, 6.45) is -4.71. The number of fused-ring (bicyclic) bond motifs is 1. The third-order valence-corrected chi connectivity index (χ3v) is 2.32. The van der Waals surface area contributed by atoms with Crippen molar-refractivity contribution in [2.24, 2.45) is 5.84 Å². The van der Waals surface area contributed by atoms with Gasteiger partial charge in [0.15, 0.2) is 6.61 Å². The first-order valence-corrected chi connectivity index (χ1v) is 5.38. The van der Waals surface area contributed by atoms with Gasteiger partial charge in [0.25, 0.3) is 5.91 Å². The van der Waals surface area contributed by atoms with Crippen LogP contribution in [0, 0.1) is 0 Å². The van der Waals surface area contributed by atoms with Crippen LogP contribution in [0.4, 0.5) is 13.2 Å². The minimum Gasteiger partial charge on any atom is -0.467 e. The molecule has 0 atom stereocenters. The van der Waals surface area contributed by atoms with E-state index >= 15 is 0 Å². The maximum absolute atomic E-state index is 12.7. The lowest BCUT2D eigenvalue weighted by atomic mass is 10.2. The average Bonchev–Trinajstić information content (AvgIpc) is 2.43. The van der Waals surface area contributed by atoms with Crippen molar-refractivity contribution in [3.63, 3.8) is 0 Å². The van der Waals surface area contributed by atoms with Crippen molar-refractivity contribution in [2.75, 3.05) is 6.61 Å². The van der Waals surface area contributed by atoms with Gasteiger partial charge in [-0.15, -0.1) is 0 Å². The first kappa shape index (κ1) is 14.0. The second kappa shape index (κ2) is 5.29. The van der Waals surface area contributed by atoms with E-state index in [1.807, 2.05) is 0 Å². The normalized spacial score (nSPS) is 11.4. The number of alkyl halides is 3. The molecule has 3 N–H and O–H groups in total. The summed E-state index contributed by atoms with van der Waals surface area (Å²) in [5.41, 5.74) is 1.87. The molecule has 1 aromatic carbocycles. The van der Waals surface area contributed by atoms with Crippen LogP contribution in [-0.2, 0) is 11.0 Å². The molecular formula is C11H9F3N4O2. The van der Waals surface area contributed by atoms with Gasteiger partial charge in [-0.2, -0.15) is 18.2 Å². The summed E-state index contributed by atoms with van der Waals surface area (Å²) in [7, 11) is 0. The molecule has 0 bridgehead atoms. The first-order valence-electron chi connectivity index (χ1n) is 5.38. The Hall–Kier alpha value is -2.42. The van der Waals surface area contributed by atoms with E-state index in [4.69, 9.17) is 10.6 Å². The van der Waals surface area contributed by atoms with Gasteiger partial charge in [0.1, 0.15) is 0 Å². The van der Waals surface area contributed by atoms with E-state index in [1.54, 1.807) is 11.5 Å². The summed E-state index contributed by atoms with van der Waals surface area (Å²) in [5.74, 6) is 2.50. The number of aromatic nitrogens is 2. The molecular weight excluding hydrogens is 277 g/mol. The van der Waals surface area contributed by atoms with Crippen LogP contribution >= 0.6 is 0 Å². The van der Waals surface area contributed by atoms with Crippen molar-refractivity contribution in [3.8, 4) is 5.88 Å². The van der Waals surface area contributed by atoms with Crippen LogP contribution in [-0.4, -0.2) is 22.5 Å². The van der Waals surface area contributed by atoms with E-state index < -0.39 is 24.5 Å². The number of rotatable bonds is 3. The molecule has 9 heteroatoms. The van der Waals surface area contributed by atoms with Crippen LogP contribution in [0.25, 0.3) is 10.9 Å². The smallest absolute Gasteiger partial charge is 0.451 e. The monoisotopic (exact) mass is 286 g/mol. The number of nitrogens with one attached hydrogen (secondary N) is 1. The zero-order valence-electron chi connectivity index (χ0n) is 9.94. The van der Waals surface area contributed by atoms with Crippen LogP contribution in [0.1, 0.15) is 5.82 Å². The molecule has 20 heavy (non-hydrogen) atoms. The highest BCUT2D eigenvalue weighted by Gasteiger charge is 2.35. The largest absolute Gasteiger partial charge is 0.467 e. The number of para-hydroxylation sites is 1. The highest BCUT2D eigenvalue weighted by molar-refractivity contribution is 5.84. The third kappa shape index (κ3) is 2.94. The van der Waals surface area contributed by atoms with Crippen molar-refractivity contribution < 1.29 is 22.7 Å². The fraction of sp³-hybridized carbons (Fsp3) is 0.182. The Bertz CT molecular complexity index is 645. The molecule has 0 spiro atoms. The third-order valence-electron chi connectivity index (χ3n) is 2.32. The molecule has 6 nitrogen and oxygen atoms in total. The molecule has 106 valence electrons. The van der Waals surface area contributed by atoms with Gasteiger partial charge in [-0.1, -0.05) is 12.1 Å². The number of hydrogen-bond acceptors (Lipinski definition) is 5. The molecule has 2 aromatic rings. The molecule has 0 aliphatic carbocycles. The zero-order valence-corrected chi connectivity index (χ0v) is 9.94. The van der Waals surface area contributed by atoms with Crippen molar-refractivity contribution in [3.05, 3.63) is 30.1 Å². The van der Waals surface area contributed by atoms with Gasteiger partial charge in [0.2, 0.25) is 11.7 Å². The number of carbonyl (C=O) groups excluding carboxylic acids is 1. The highest BCUT2D eigenvalue weighted by Crippen LogP contribution is 2.31. The van der Waals surface area contributed by atoms with E-state index in [-0.39, 0.29) is 16.8 Å². The number of benzene rings is 1. The number of hydrogen-bond donors (Lipinski definition) is 2. The van der Waals surface area contributed by atoms with Gasteiger partial charge in [0.05, 0.1) is 10.9 Å². The summed E-state index contributed by atoms with van der Waals surface area (Å²) in [4.78, 5) is 17.7. The minimum absolute atomic E-state index is 0.0676. The van der Waals surface area contributed by atoms with Crippen LogP contribution in [0.2, 0.25) is 0 Å². The predicted molar refractivity (Wildman–Crippen MR) is 62.4 cm³/mol. The molecule has 0 aliphatic heterocycles. The quantitative estimate of drug-likeness (QED) is 0.499. The summed E-state index contributed by atoms with van der Waals surface area (Å²) in [6.45, 7) is -0.547. The van der Waals surface area contributed by atoms with Crippen molar-refractivity contribution in [1.29, 1.82) is 0 Å². The van der Waals surface area contributed by atoms with E-state index in [0.29, 0.717) is 0 Å². The van der Waals surface area contributed by atoms with Crippen molar-refractivity contribution in [2.45, 2.75) is 6.18 Å². The lowest BCUT2D eigenvalue weighted by Crippen LogP contribution is -2.34. The zero-order chi connectivity index (χ0) is 14.8. The Morgan fingerprint density at radius 2 is 2.00 bits per heavy atom. The van der Waals surface area contributed by atoms with Crippen LogP contribution in [0.5, 0.6) is 5.88 Å². The SMILES string of the molecule is NNC(=O)COc1nc(C(F)(F)F)nc2ccccc12. The molecule has 2 rings (SSSR count). The van der Waals surface area contributed by atoms with Gasteiger partial charge in [-0.25, -0.2) is 10.8 Å². The summed E-state index contributed by atoms with van der Waals surface area (Å²) in [5, 5.41) is 0.269. The maximum atomic E-state index is 12.7. The van der Waals surface area contributed by atoms with Crippen LogP contribution in [0.3, 0.4) is 0 Å². The molecule has 0 aliphatic rings. The first-order chi connectivity index (χ1) is 9.41. The van der Waals surface area contributed by atoms with Crippen molar-refractivity contribution in [1.82, 2.24) is 15.4 Å². The van der Waals surface area contributed by atoms with Gasteiger partial charge >= 0.3 is 6.18 Å². The molecule has 0 fully saturated rings. The van der Waals surface area contributed by atoms with Gasteiger partial charge in [0, 0.05) is 0 Å². The molecule has 0 saturated heterocycles. The topological polar surface area (TPSA) is 90.1 Å². The molecule has 0 radical (unpaired) electrons. The van der Waals surface area contributed by atoms with Gasteiger partial charge in [-0.3, -0.25) is 10.2 Å². The molecule has 0 saturated carbocycles. The van der Waals surface area contributed by atoms with Crippen LogP contribution < -0.4 is 16.0 Å². The average molecular weight is 286 g/mol.